The molecule has 1 N–H and O–H groups in total. The van der Waals surface area contributed by atoms with Gasteiger partial charge in [-0.15, -0.1) is 0 Å². The van der Waals surface area contributed by atoms with Crippen LogP contribution in [0.25, 0.3) is 0 Å². The van der Waals surface area contributed by atoms with Crippen LogP contribution in [0.5, 0.6) is 0 Å². The van der Waals surface area contributed by atoms with Gasteiger partial charge in [0.15, 0.2) is 0 Å². The summed E-state index contributed by atoms with van der Waals surface area (Å²) in [6.45, 7) is 1.94. The van der Waals surface area contributed by atoms with Crippen molar-refractivity contribution in [3.63, 3.8) is 0 Å². The van der Waals surface area contributed by atoms with E-state index in [1.807, 2.05) is 18.2 Å². The minimum Gasteiger partial charge on any atom is -0.480 e. The van der Waals surface area contributed by atoms with Gasteiger partial charge in [-0.3, -0.25) is 14.6 Å². The lowest BCUT2D eigenvalue weighted by molar-refractivity contribution is -0.144. The van der Waals surface area contributed by atoms with E-state index in [9.17, 15) is 9.59 Å². The molecular weight excluding hydrogens is 220 g/mol. The second-order valence-electron chi connectivity index (χ2n) is 3.62. The molecule has 0 radical (unpaired) electrons. The molecule has 92 valence electrons. The van der Waals surface area contributed by atoms with Gasteiger partial charge in [0.05, 0.1) is 0 Å². The quantitative estimate of drug-likeness (QED) is 0.798. The zero-order valence-electron chi connectivity index (χ0n) is 9.80. The van der Waals surface area contributed by atoms with Gasteiger partial charge in [0.1, 0.15) is 6.54 Å². The van der Waals surface area contributed by atoms with Crippen molar-refractivity contribution in [1.82, 2.24) is 9.88 Å². The molecule has 1 amide bonds. The summed E-state index contributed by atoms with van der Waals surface area (Å²) >= 11 is 0. The SMILES string of the molecule is CCN(CC(=O)O)C(=O)CCc1ccccn1. The Hall–Kier alpha value is -1.91. The Balaban J connectivity index is 2.45. The van der Waals surface area contributed by atoms with E-state index in [1.165, 1.54) is 4.90 Å². The lowest BCUT2D eigenvalue weighted by Gasteiger charge is -2.18. The molecule has 1 heterocycles. The topological polar surface area (TPSA) is 70.5 Å². The molecule has 1 aromatic heterocycles. The highest BCUT2D eigenvalue weighted by Crippen LogP contribution is 2.02. The van der Waals surface area contributed by atoms with E-state index in [0.29, 0.717) is 13.0 Å². The zero-order valence-corrected chi connectivity index (χ0v) is 9.80. The van der Waals surface area contributed by atoms with Crippen LogP contribution in [0.1, 0.15) is 19.0 Å². The monoisotopic (exact) mass is 236 g/mol. The molecule has 0 aromatic carbocycles. The van der Waals surface area contributed by atoms with E-state index in [-0.39, 0.29) is 18.9 Å². The number of nitrogens with zero attached hydrogens (tertiary/aromatic N) is 2. The molecule has 17 heavy (non-hydrogen) atoms. The van der Waals surface area contributed by atoms with Crippen LogP contribution in [0.3, 0.4) is 0 Å². The van der Waals surface area contributed by atoms with Crippen molar-refractivity contribution in [3.05, 3.63) is 30.1 Å². The Morgan fingerprint density at radius 1 is 1.41 bits per heavy atom. The van der Waals surface area contributed by atoms with Crippen LogP contribution in [0.15, 0.2) is 24.4 Å². The van der Waals surface area contributed by atoms with Gasteiger partial charge in [0.25, 0.3) is 0 Å². The van der Waals surface area contributed by atoms with Crippen molar-refractivity contribution in [2.24, 2.45) is 0 Å². The molecule has 5 nitrogen and oxygen atoms in total. The van der Waals surface area contributed by atoms with Gasteiger partial charge >= 0.3 is 5.97 Å². The first-order chi connectivity index (χ1) is 8.13. The van der Waals surface area contributed by atoms with Gasteiger partial charge < -0.3 is 10.0 Å². The van der Waals surface area contributed by atoms with Crippen LogP contribution in [-0.4, -0.2) is 40.0 Å². The number of hydrogen-bond donors (Lipinski definition) is 1. The number of carboxylic acid groups (broad SMARTS) is 1. The number of pyridine rings is 1. The van der Waals surface area contributed by atoms with Crippen LogP contribution >= 0.6 is 0 Å². The average Bonchev–Trinajstić information content (AvgIpc) is 2.34. The molecule has 5 heteroatoms. The maximum atomic E-state index is 11.7. The molecule has 0 atom stereocenters. The van der Waals surface area contributed by atoms with Crippen molar-refractivity contribution in [2.45, 2.75) is 19.8 Å². The van der Waals surface area contributed by atoms with Gasteiger partial charge in [0, 0.05) is 24.9 Å². The highest BCUT2D eigenvalue weighted by molar-refractivity contribution is 5.81. The summed E-state index contributed by atoms with van der Waals surface area (Å²) in [6, 6.07) is 5.52. The maximum absolute atomic E-state index is 11.7. The first kappa shape index (κ1) is 13.2. The standard InChI is InChI=1S/C12H16N2O3/c1-2-14(9-12(16)17)11(15)7-6-10-5-3-4-8-13-10/h3-5,8H,2,6-7,9H2,1H3,(H,16,17). The van der Waals surface area contributed by atoms with Crippen molar-refractivity contribution in [1.29, 1.82) is 0 Å². The number of aromatic nitrogens is 1. The van der Waals surface area contributed by atoms with E-state index in [4.69, 9.17) is 5.11 Å². The Labute approximate surface area is 100 Å². The van der Waals surface area contributed by atoms with E-state index in [2.05, 4.69) is 4.98 Å². The lowest BCUT2D eigenvalue weighted by Crippen LogP contribution is -2.35. The van der Waals surface area contributed by atoms with Gasteiger partial charge in [-0.1, -0.05) is 6.07 Å². The number of carbonyl (C=O) groups excluding carboxylic acids is 1. The number of likely N-dealkylation sites (N-methyl/N-ethyl adjacent to an activating group) is 1. The molecule has 0 unspecified atom stereocenters. The molecule has 0 spiro atoms. The van der Waals surface area contributed by atoms with Crippen LogP contribution in [-0.2, 0) is 16.0 Å². The number of aliphatic carboxylic acids is 1. The van der Waals surface area contributed by atoms with Gasteiger partial charge in [-0.2, -0.15) is 0 Å². The number of carboxylic acids is 1. The summed E-state index contributed by atoms with van der Waals surface area (Å²) in [5, 5.41) is 8.64. The molecule has 0 saturated carbocycles. The molecule has 0 aliphatic carbocycles. The van der Waals surface area contributed by atoms with E-state index in [1.54, 1.807) is 13.1 Å². The average molecular weight is 236 g/mol. The molecular formula is C12H16N2O3. The van der Waals surface area contributed by atoms with Crippen molar-refractivity contribution in [2.75, 3.05) is 13.1 Å². The molecule has 0 aliphatic rings. The summed E-state index contributed by atoms with van der Waals surface area (Å²) in [5.74, 6) is -1.14. The first-order valence-corrected chi connectivity index (χ1v) is 5.53. The fraction of sp³-hybridized carbons (Fsp3) is 0.417. The molecule has 0 saturated heterocycles. The summed E-state index contributed by atoms with van der Waals surface area (Å²) in [7, 11) is 0. The summed E-state index contributed by atoms with van der Waals surface area (Å²) in [4.78, 5) is 27.7. The highest BCUT2D eigenvalue weighted by atomic mass is 16.4. The van der Waals surface area contributed by atoms with Crippen LogP contribution < -0.4 is 0 Å². The Morgan fingerprint density at radius 3 is 2.71 bits per heavy atom. The van der Waals surface area contributed by atoms with Gasteiger partial charge in [0.2, 0.25) is 5.91 Å². The lowest BCUT2D eigenvalue weighted by atomic mass is 10.2. The van der Waals surface area contributed by atoms with Crippen molar-refractivity contribution < 1.29 is 14.7 Å². The first-order valence-electron chi connectivity index (χ1n) is 5.53. The molecule has 0 aliphatic heterocycles. The summed E-state index contributed by atoms with van der Waals surface area (Å²) < 4.78 is 0. The predicted octanol–water partition coefficient (Wildman–Crippen LogP) is 0.947. The van der Waals surface area contributed by atoms with Crippen molar-refractivity contribution in [3.8, 4) is 0 Å². The maximum Gasteiger partial charge on any atom is 0.323 e. The number of amides is 1. The van der Waals surface area contributed by atoms with Crippen LogP contribution in [0.4, 0.5) is 0 Å². The Bertz CT molecular complexity index is 379. The molecule has 0 fully saturated rings. The highest BCUT2D eigenvalue weighted by Gasteiger charge is 2.14. The Morgan fingerprint density at radius 2 is 2.18 bits per heavy atom. The van der Waals surface area contributed by atoms with E-state index >= 15 is 0 Å². The largest absolute Gasteiger partial charge is 0.480 e. The smallest absolute Gasteiger partial charge is 0.323 e. The number of carbonyl (C=O) groups is 2. The normalized spacial score (nSPS) is 9.94. The predicted molar refractivity (Wildman–Crippen MR) is 62.4 cm³/mol. The van der Waals surface area contributed by atoms with Gasteiger partial charge in [-0.25, -0.2) is 0 Å². The Kier molecular flexibility index (Phi) is 5.13. The molecule has 0 bridgehead atoms. The minimum absolute atomic E-state index is 0.152. The zero-order chi connectivity index (χ0) is 12.7. The second-order valence-corrected chi connectivity index (χ2v) is 3.62. The summed E-state index contributed by atoms with van der Waals surface area (Å²) in [6.07, 6.45) is 2.50. The number of rotatable bonds is 6. The van der Waals surface area contributed by atoms with Crippen molar-refractivity contribution >= 4 is 11.9 Å². The third kappa shape index (κ3) is 4.63. The third-order valence-corrected chi connectivity index (χ3v) is 2.38. The van der Waals surface area contributed by atoms with Gasteiger partial charge in [-0.05, 0) is 25.5 Å². The van der Waals surface area contributed by atoms with Crippen LogP contribution in [0, 0.1) is 0 Å². The second kappa shape index (κ2) is 6.62. The minimum atomic E-state index is -0.988. The number of aryl methyl sites for hydroxylation is 1. The summed E-state index contributed by atoms with van der Waals surface area (Å²) in [5.41, 5.74) is 0.840. The fourth-order valence-electron chi connectivity index (χ4n) is 1.48. The van der Waals surface area contributed by atoms with E-state index in [0.717, 1.165) is 5.69 Å². The van der Waals surface area contributed by atoms with E-state index < -0.39 is 5.97 Å². The number of hydrogen-bond acceptors (Lipinski definition) is 3. The fourth-order valence-corrected chi connectivity index (χ4v) is 1.48. The van der Waals surface area contributed by atoms with Crippen LogP contribution in [0.2, 0.25) is 0 Å². The molecule has 1 rings (SSSR count). The molecule has 1 aromatic rings. The third-order valence-electron chi connectivity index (χ3n) is 2.38.